The lowest BCUT2D eigenvalue weighted by Gasteiger charge is -2.39. The standard InChI is InChI=1S/C28H30FN7O4/c1-28(2,3)40-27(38)35-13-19(14-35)36-25-22(24(30)32-15-33-25)23(34-36)17-7-5-16(6-8-17)12-31-26(37)20-11-18(29)9-10-21(20)39-4/h5-11,15,19H,12-14H2,1-4H3,(H,31,37)(H2,30,32,33). The number of nitrogen functional groups attached to an aromatic ring is 1. The molecule has 1 saturated heterocycles. The van der Waals surface area contributed by atoms with Gasteiger partial charge in [0.05, 0.1) is 24.1 Å². The van der Waals surface area contributed by atoms with E-state index in [1.165, 1.54) is 25.6 Å². The van der Waals surface area contributed by atoms with E-state index in [-0.39, 0.29) is 30.0 Å². The quantitative estimate of drug-likeness (QED) is 0.370. The van der Waals surface area contributed by atoms with Crippen molar-refractivity contribution in [2.75, 3.05) is 25.9 Å². The van der Waals surface area contributed by atoms with Crippen LogP contribution in [-0.2, 0) is 11.3 Å². The topological polar surface area (TPSA) is 137 Å². The molecule has 1 aliphatic heterocycles. The first kappa shape index (κ1) is 26.9. The van der Waals surface area contributed by atoms with Crippen molar-refractivity contribution in [1.29, 1.82) is 0 Å². The van der Waals surface area contributed by atoms with E-state index in [0.717, 1.165) is 17.2 Å². The molecule has 4 aromatic rings. The van der Waals surface area contributed by atoms with E-state index in [1.54, 1.807) is 9.58 Å². The number of fused-ring (bicyclic) bond motifs is 1. The highest BCUT2D eigenvalue weighted by atomic mass is 19.1. The van der Waals surface area contributed by atoms with Gasteiger partial charge in [-0.2, -0.15) is 5.10 Å². The molecule has 3 heterocycles. The number of methoxy groups -OCH3 is 1. The van der Waals surface area contributed by atoms with Crippen LogP contribution in [0.25, 0.3) is 22.3 Å². The lowest BCUT2D eigenvalue weighted by atomic mass is 10.1. The first-order valence-corrected chi connectivity index (χ1v) is 12.7. The predicted molar refractivity (Wildman–Crippen MR) is 146 cm³/mol. The normalized spacial score (nSPS) is 13.7. The summed E-state index contributed by atoms with van der Waals surface area (Å²) in [5, 5.41) is 8.23. The summed E-state index contributed by atoms with van der Waals surface area (Å²) in [6.45, 7) is 6.58. The van der Waals surface area contributed by atoms with Crippen LogP contribution in [0, 0.1) is 5.82 Å². The summed E-state index contributed by atoms with van der Waals surface area (Å²) in [7, 11) is 1.42. The third-order valence-corrected chi connectivity index (χ3v) is 6.46. The average Bonchev–Trinajstić information content (AvgIpc) is 3.26. The minimum atomic E-state index is -0.573. The van der Waals surface area contributed by atoms with E-state index in [1.807, 2.05) is 45.0 Å². The fourth-order valence-corrected chi connectivity index (χ4v) is 4.45. The molecule has 12 heteroatoms. The largest absolute Gasteiger partial charge is 0.496 e. The number of anilines is 1. The lowest BCUT2D eigenvalue weighted by molar-refractivity contribution is 0.000106. The third kappa shape index (κ3) is 5.37. The van der Waals surface area contributed by atoms with Crippen molar-refractivity contribution in [1.82, 2.24) is 30.0 Å². The highest BCUT2D eigenvalue weighted by Crippen LogP contribution is 2.34. The number of nitrogens with one attached hydrogen (secondary N) is 1. The molecule has 2 aromatic carbocycles. The van der Waals surface area contributed by atoms with Crippen molar-refractivity contribution < 1.29 is 23.5 Å². The van der Waals surface area contributed by atoms with Crippen molar-refractivity contribution in [3.63, 3.8) is 0 Å². The number of hydrogen-bond donors (Lipinski definition) is 2. The smallest absolute Gasteiger partial charge is 0.410 e. The molecule has 11 nitrogen and oxygen atoms in total. The van der Waals surface area contributed by atoms with Crippen LogP contribution in [0.3, 0.4) is 0 Å². The summed E-state index contributed by atoms with van der Waals surface area (Å²) in [6.07, 6.45) is 1.02. The van der Waals surface area contributed by atoms with Crippen LogP contribution in [0.5, 0.6) is 5.75 Å². The zero-order valence-corrected chi connectivity index (χ0v) is 22.6. The van der Waals surface area contributed by atoms with Crippen molar-refractivity contribution in [3.8, 4) is 17.0 Å². The molecule has 0 saturated carbocycles. The van der Waals surface area contributed by atoms with Gasteiger partial charge in [-0.3, -0.25) is 4.79 Å². The number of rotatable bonds is 6. The van der Waals surface area contributed by atoms with E-state index >= 15 is 0 Å². The number of likely N-dealkylation sites (tertiary alicyclic amines) is 1. The summed E-state index contributed by atoms with van der Waals surface area (Å²) < 4.78 is 26.1. The maximum atomic E-state index is 13.7. The van der Waals surface area contributed by atoms with Gasteiger partial charge in [0, 0.05) is 25.2 Å². The molecule has 208 valence electrons. The minimum Gasteiger partial charge on any atom is -0.496 e. The van der Waals surface area contributed by atoms with Crippen LogP contribution >= 0.6 is 0 Å². The number of aromatic nitrogens is 4. The fourth-order valence-electron chi connectivity index (χ4n) is 4.45. The number of nitrogens with zero attached hydrogens (tertiary/aromatic N) is 5. The second-order valence-corrected chi connectivity index (χ2v) is 10.5. The van der Waals surface area contributed by atoms with Gasteiger partial charge in [0.2, 0.25) is 0 Å². The summed E-state index contributed by atoms with van der Waals surface area (Å²) >= 11 is 0. The second-order valence-electron chi connectivity index (χ2n) is 10.5. The van der Waals surface area contributed by atoms with Gasteiger partial charge in [0.1, 0.15) is 35.0 Å². The Morgan fingerprint density at radius 2 is 1.85 bits per heavy atom. The summed E-state index contributed by atoms with van der Waals surface area (Å²) in [4.78, 5) is 35.2. The predicted octanol–water partition coefficient (Wildman–Crippen LogP) is 3.95. The Labute approximate surface area is 230 Å². The highest BCUT2D eigenvalue weighted by Gasteiger charge is 2.37. The molecule has 1 fully saturated rings. The fraction of sp³-hybridized carbons (Fsp3) is 0.321. The zero-order valence-electron chi connectivity index (χ0n) is 22.6. The number of ether oxygens (including phenoxy) is 2. The number of carbonyl (C=O) groups excluding carboxylic acids is 2. The first-order valence-electron chi connectivity index (χ1n) is 12.7. The molecule has 0 unspecified atom stereocenters. The van der Waals surface area contributed by atoms with Crippen molar-refractivity contribution in [3.05, 3.63) is 65.7 Å². The van der Waals surface area contributed by atoms with Gasteiger partial charge in [-0.1, -0.05) is 24.3 Å². The van der Waals surface area contributed by atoms with E-state index in [2.05, 4.69) is 15.3 Å². The second kappa shape index (κ2) is 10.4. The Balaban J connectivity index is 1.33. The molecule has 5 rings (SSSR count). The van der Waals surface area contributed by atoms with Crippen molar-refractivity contribution >= 4 is 28.9 Å². The monoisotopic (exact) mass is 547 g/mol. The number of carbonyl (C=O) groups is 2. The Morgan fingerprint density at radius 3 is 2.52 bits per heavy atom. The Hall–Kier alpha value is -4.74. The van der Waals surface area contributed by atoms with Gasteiger partial charge in [-0.15, -0.1) is 0 Å². The Bertz CT molecular complexity index is 1570. The molecule has 2 amide bonds. The maximum absolute atomic E-state index is 13.7. The van der Waals surface area contributed by atoms with Crippen LogP contribution in [0.4, 0.5) is 15.0 Å². The maximum Gasteiger partial charge on any atom is 0.410 e. The van der Waals surface area contributed by atoms with Gasteiger partial charge < -0.3 is 25.4 Å². The first-order chi connectivity index (χ1) is 19.0. The van der Waals surface area contributed by atoms with Crippen LogP contribution in [0.15, 0.2) is 48.8 Å². The number of amides is 2. The summed E-state index contributed by atoms with van der Waals surface area (Å²) in [6, 6.07) is 11.2. The number of hydrogen-bond acceptors (Lipinski definition) is 8. The van der Waals surface area contributed by atoms with E-state index in [4.69, 9.17) is 20.3 Å². The van der Waals surface area contributed by atoms with Crippen LogP contribution in [0.1, 0.15) is 42.7 Å². The molecule has 0 aliphatic carbocycles. The highest BCUT2D eigenvalue weighted by molar-refractivity contribution is 5.98. The minimum absolute atomic E-state index is 0.0904. The molecule has 0 radical (unpaired) electrons. The van der Waals surface area contributed by atoms with E-state index in [0.29, 0.717) is 35.6 Å². The van der Waals surface area contributed by atoms with Gasteiger partial charge in [-0.25, -0.2) is 23.8 Å². The molecular weight excluding hydrogens is 517 g/mol. The molecule has 40 heavy (non-hydrogen) atoms. The molecular formula is C28H30FN7O4. The molecule has 1 aliphatic rings. The zero-order chi connectivity index (χ0) is 28.6. The molecule has 0 bridgehead atoms. The third-order valence-electron chi connectivity index (χ3n) is 6.46. The van der Waals surface area contributed by atoms with Gasteiger partial charge in [0.15, 0.2) is 5.65 Å². The van der Waals surface area contributed by atoms with E-state index in [9.17, 15) is 14.0 Å². The van der Waals surface area contributed by atoms with Gasteiger partial charge in [-0.05, 0) is 44.5 Å². The Morgan fingerprint density at radius 1 is 1.12 bits per heavy atom. The number of nitrogens with two attached hydrogens (primary N) is 1. The Kier molecular flexibility index (Phi) is 7.01. The SMILES string of the molecule is COc1ccc(F)cc1C(=O)NCc1ccc(-c2nn(C3CN(C(=O)OC(C)(C)C)C3)c3ncnc(N)c23)cc1. The molecule has 0 atom stereocenters. The van der Waals surface area contributed by atoms with Crippen LogP contribution in [-0.4, -0.2) is 62.4 Å². The summed E-state index contributed by atoms with van der Waals surface area (Å²) in [5.41, 5.74) is 8.59. The molecule has 2 aromatic heterocycles. The van der Waals surface area contributed by atoms with Crippen LogP contribution < -0.4 is 15.8 Å². The van der Waals surface area contributed by atoms with E-state index < -0.39 is 17.3 Å². The lowest BCUT2D eigenvalue weighted by Crippen LogP contribution is -2.52. The van der Waals surface area contributed by atoms with Gasteiger partial charge >= 0.3 is 6.09 Å². The van der Waals surface area contributed by atoms with Crippen molar-refractivity contribution in [2.45, 2.75) is 39.0 Å². The van der Waals surface area contributed by atoms with Crippen molar-refractivity contribution in [2.24, 2.45) is 0 Å². The number of benzene rings is 2. The molecule has 0 spiro atoms. The summed E-state index contributed by atoms with van der Waals surface area (Å²) in [5.74, 6) is -0.382. The number of halogens is 1. The average molecular weight is 548 g/mol. The molecule has 3 N–H and O–H groups in total. The van der Waals surface area contributed by atoms with Gasteiger partial charge in [0.25, 0.3) is 5.91 Å². The van der Waals surface area contributed by atoms with Crippen LogP contribution in [0.2, 0.25) is 0 Å².